The lowest BCUT2D eigenvalue weighted by Crippen LogP contribution is -2.23. The minimum Gasteiger partial charge on any atom is -0.496 e. The summed E-state index contributed by atoms with van der Waals surface area (Å²) in [6, 6.07) is 11.3. The highest BCUT2D eigenvalue weighted by atomic mass is 16.6. The van der Waals surface area contributed by atoms with E-state index in [0.717, 1.165) is 27.0 Å². The SMILES string of the molecule is COc1ccc(C=C2OC(=O)N(C)C2=O)c2ccccc12. The molecule has 21 heavy (non-hydrogen) atoms. The summed E-state index contributed by atoms with van der Waals surface area (Å²) in [5.74, 6) is 0.331. The Balaban J connectivity index is 2.14. The van der Waals surface area contributed by atoms with Crippen LogP contribution in [0.25, 0.3) is 16.8 Å². The number of carbonyl (C=O) groups excluding carboxylic acids is 2. The summed E-state index contributed by atoms with van der Waals surface area (Å²) in [5.41, 5.74) is 0.790. The molecule has 5 nitrogen and oxygen atoms in total. The highest BCUT2D eigenvalue weighted by molar-refractivity contribution is 6.10. The lowest BCUT2D eigenvalue weighted by molar-refractivity contribution is -0.122. The van der Waals surface area contributed by atoms with Crippen molar-refractivity contribution in [2.45, 2.75) is 0 Å². The lowest BCUT2D eigenvalue weighted by Gasteiger charge is -2.08. The van der Waals surface area contributed by atoms with Gasteiger partial charge in [-0.3, -0.25) is 4.79 Å². The number of ether oxygens (including phenoxy) is 2. The minimum absolute atomic E-state index is 0.0258. The molecule has 1 heterocycles. The summed E-state index contributed by atoms with van der Waals surface area (Å²) in [4.78, 5) is 24.2. The first-order valence-electron chi connectivity index (χ1n) is 6.39. The number of cyclic esters (lactones) is 1. The van der Waals surface area contributed by atoms with Crippen molar-refractivity contribution in [3.05, 3.63) is 47.7 Å². The first-order chi connectivity index (χ1) is 10.1. The van der Waals surface area contributed by atoms with Crippen LogP contribution in [-0.2, 0) is 9.53 Å². The van der Waals surface area contributed by atoms with E-state index < -0.39 is 12.0 Å². The van der Waals surface area contributed by atoms with Crippen LogP contribution in [0.2, 0.25) is 0 Å². The van der Waals surface area contributed by atoms with Crippen molar-refractivity contribution in [2.75, 3.05) is 14.2 Å². The molecule has 1 fully saturated rings. The Bertz CT molecular complexity index is 779. The highest BCUT2D eigenvalue weighted by Gasteiger charge is 2.33. The van der Waals surface area contributed by atoms with Gasteiger partial charge in [0.05, 0.1) is 7.11 Å². The van der Waals surface area contributed by atoms with Crippen LogP contribution in [0.4, 0.5) is 4.79 Å². The molecule has 0 radical (unpaired) electrons. The van der Waals surface area contributed by atoms with Crippen LogP contribution in [0.5, 0.6) is 5.75 Å². The van der Waals surface area contributed by atoms with E-state index >= 15 is 0 Å². The van der Waals surface area contributed by atoms with E-state index in [-0.39, 0.29) is 5.76 Å². The maximum Gasteiger partial charge on any atom is 0.422 e. The molecule has 2 amide bonds. The molecule has 1 aliphatic heterocycles. The van der Waals surface area contributed by atoms with Crippen molar-refractivity contribution in [1.29, 1.82) is 0 Å². The Hall–Kier alpha value is -2.82. The summed E-state index contributed by atoms with van der Waals surface area (Å²) in [6.07, 6.45) is 0.912. The zero-order valence-electron chi connectivity index (χ0n) is 11.6. The quantitative estimate of drug-likeness (QED) is 0.795. The first kappa shape index (κ1) is 13.2. The fraction of sp³-hybridized carbons (Fsp3) is 0.125. The summed E-state index contributed by atoms with van der Waals surface area (Å²) in [7, 11) is 2.99. The van der Waals surface area contributed by atoms with Crippen LogP contribution in [0.1, 0.15) is 5.56 Å². The monoisotopic (exact) mass is 283 g/mol. The van der Waals surface area contributed by atoms with Gasteiger partial charge in [-0.25, -0.2) is 9.69 Å². The first-order valence-corrected chi connectivity index (χ1v) is 6.39. The number of nitrogens with zero attached hydrogens (tertiary/aromatic N) is 1. The number of hydrogen-bond donors (Lipinski definition) is 0. The normalized spacial score (nSPS) is 16.7. The maximum atomic E-state index is 11.9. The van der Waals surface area contributed by atoms with E-state index in [1.54, 1.807) is 13.2 Å². The van der Waals surface area contributed by atoms with Crippen molar-refractivity contribution in [1.82, 2.24) is 4.90 Å². The van der Waals surface area contributed by atoms with Gasteiger partial charge in [0.2, 0.25) is 0 Å². The summed E-state index contributed by atoms with van der Waals surface area (Å²) in [5, 5.41) is 1.85. The number of carbonyl (C=O) groups is 2. The number of hydrogen-bond acceptors (Lipinski definition) is 4. The van der Waals surface area contributed by atoms with Crippen molar-refractivity contribution >= 4 is 28.8 Å². The van der Waals surface area contributed by atoms with Gasteiger partial charge < -0.3 is 9.47 Å². The summed E-state index contributed by atoms with van der Waals surface area (Å²) in [6.45, 7) is 0. The number of rotatable bonds is 2. The average Bonchev–Trinajstić information content (AvgIpc) is 2.75. The van der Waals surface area contributed by atoms with E-state index in [2.05, 4.69) is 0 Å². The van der Waals surface area contributed by atoms with Crippen LogP contribution < -0.4 is 4.74 Å². The van der Waals surface area contributed by atoms with E-state index in [1.807, 2.05) is 36.4 Å². The molecule has 0 unspecified atom stereocenters. The molecule has 2 aromatic rings. The number of imide groups is 1. The fourth-order valence-electron chi connectivity index (χ4n) is 2.29. The second-order valence-electron chi connectivity index (χ2n) is 4.64. The zero-order valence-corrected chi connectivity index (χ0v) is 11.6. The third kappa shape index (κ3) is 2.12. The predicted molar refractivity (Wildman–Crippen MR) is 77.7 cm³/mol. The molecule has 3 rings (SSSR count). The Morgan fingerprint density at radius 2 is 1.81 bits per heavy atom. The van der Waals surface area contributed by atoms with Crippen LogP contribution >= 0.6 is 0 Å². The summed E-state index contributed by atoms with van der Waals surface area (Å²) >= 11 is 0. The molecule has 0 aliphatic carbocycles. The standard InChI is InChI=1S/C16H13NO4/c1-17-15(18)14(21-16(17)19)9-10-7-8-13(20-2)12-6-4-3-5-11(10)12/h3-9H,1-2H3. The molecule has 0 saturated carbocycles. The van der Waals surface area contributed by atoms with Gasteiger partial charge in [-0.05, 0) is 23.1 Å². The van der Waals surface area contributed by atoms with Gasteiger partial charge in [0.1, 0.15) is 5.75 Å². The molecular weight excluding hydrogens is 270 g/mol. The molecule has 5 heteroatoms. The van der Waals surface area contributed by atoms with Crippen LogP contribution in [0, 0.1) is 0 Å². The van der Waals surface area contributed by atoms with Crippen LogP contribution in [-0.4, -0.2) is 31.1 Å². The van der Waals surface area contributed by atoms with Gasteiger partial charge in [0, 0.05) is 12.4 Å². The van der Waals surface area contributed by atoms with Gasteiger partial charge in [0.15, 0.2) is 5.76 Å². The number of methoxy groups -OCH3 is 1. The molecule has 106 valence electrons. The van der Waals surface area contributed by atoms with Crippen molar-refractivity contribution in [2.24, 2.45) is 0 Å². The van der Waals surface area contributed by atoms with E-state index in [4.69, 9.17) is 9.47 Å². The smallest absolute Gasteiger partial charge is 0.422 e. The third-order valence-electron chi connectivity index (χ3n) is 3.41. The van der Waals surface area contributed by atoms with Crippen LogP contribution in [0.15, 0.2) is 42.2 Å². The van der Waals surface area contributed by atoms with Crippen molar-refractivity contribution in [3.8, 4) is 5.75 Å². The van der Waals surface area contributed by atoms with Gasteiger partial charge in [-0.1, -0.05) is 30.3 Å². The second kappa shape index (κ2) is 4.94. The topological polar surface area (TPSA) is 55.8 Å². The average molecular weight is 283 g/mol. The third-order valence-corrected chi connectivity index (χ3v) is 3.41. The lowest BCUT2D eigenvalue weighted by atomic mass is 10.0. The van der Waals surface area contributed by atoms with Crippen LogP contribution in [0.3, 0.4) is 0 Å². The molecule has 2 aromatic carbocycles. The Labute approximate surface area is 121 Å². The molecule has 0 spiro atoms. The molecule has 0 bridgehead atoms. The molecule has 1 saturated heterocycles. The van der Waals surface area contributed by atoms with Gasteiger partial charge in [0.25, 0.3) is 5.91 Å². The van der Waals surface area contributed by atoms with Gasteiger partial charge >= 0.3 is 6.09 Å². The molecular formula is C16H13NO4. The minimum atomic E-state index is -0.663. The van der Waals surface area contributed by atoms with Crippen molar-refractivity contribution in [3.63, 3.8) is 0 Å². The summed E-state index contributed by atoms with van der Waals surface area (Å²) < 4.78 is 10.3. The highest BCUT2D eigenvalue weighted by Crippen LogP contribution is 2.30. The van der Waals surface area contributed by atoms with Gasteiger partial charge in [-0.2, -0.15) is 0 Å². The van der Waals surface area contributed by atoms with E-state index in [9.17, 15) is 9.59 Å². The number of fused-ring (bicyclic) bond motifs is 1. The number of amides is 2. The molecule has 0 atom stereocenters. The van der Waals surface area contributed by atoms with Gasteiger partial charge in [-0.15, -0.1) is 0 Å². The maximum absolute atomic E-state index is 11.9. The zero-order chi connectivity index (χ0) is 15.0. The predicted octanol–water partition coefficient (Wildman–Crippen LogP) is 2.80. The largest absolute Gasteiger partial charge is 0.496 e. The molecule has 1 aliphatic rings. The fourth-order valence-corrected chi connectivity index (χ4v) is 2.29. The molecule has 0 N–H and O–H groups in total. The van der Waals surface area contributed by atoms with E-state index in [1.165, 1.54) is 7.05 Å². The van der Waals surface area contributed by atoms with Crippen molar-refractivity contribution < 1.29 is 19.1 Å². The molecule has 0 aromatic heterocycles. The Morgan fingerprint density at radius 3 is 2.43 bits per heavy atom. The second-order valence-corrected chi connectivity index (χ2v) is 4.64. The number of benzene rings is 2. The Morgan fingerprint density at radius 1 is 1.10 bits per heavy atom. The number of likely N-dealkylation sites (N-methyl/N-ethyl adjacent to an activating group) is 1. The Kier molecular flexibility index (Phi) is 3.10. The van der Waals surface area contributed by atoms with E-state index in [0.29, 0.717) is 0 Å².